The molecular weight excluding hydrogens is 290 g/mol. The van der Waals surface area contributed by atoms with Gasteiger partial charge in [-0.05, 0) is 37.8 Å². The van der Waals surface area contributed by atoms with Crippen molar-refractivity contribution in [2.75, 3.05) is 13.2 Å². The summed E-state index contributed by atoms with van der Waals surface area (Å²) < 4.78 is 33.4. The van der Waals surface area contributed by atoms with Gasteiger partial charge in [-0.3, -0.25) is 0 Å². The highest BCUT2D eigenvalue weighted by Gasteiger charge is 2.42. The smallest absolute Gasteiger partial charge is 0.242 e. The number of nitrogens with one attached hydrogen (secondary N) is 3. The number of rotatable bonds is 7. The molecule has 0 aromatic carbocycles. The van der Waals surface area contributed by atoms with Gasteiger partial charge in [0.15, 0.2) is 0 Å². The number of sulfonamides is 1. The second-order valence-corrected chi connectivity index (χ2v) is 7.54. The van der Waals surface area contributed by atoms with Gasteiger partial charge in [0.2, 0.25) is 10.0 Å². The predicted molar refractivity (Wildman–Crippen MR) is 79.4 cm³/mol. The third kappa shape index (κ3) is 3.48. The molecule has 2 aliphatic rings. The molecule has 1 saturated carbocycles. The summed E-state index contributed by atoms with van der Waals surface area (Å²) in [6, 6.07) is 1.60. The van der Waals surface area contributed by atoms with Crippen LogP contribution in [0, 0.1) is 5.92 Å². The van der Waals surface area contributed by atoms with E-state index in [2.05, 4.69) is 15.0 Å². The van der Waals surface area contributed by atoms with Gasteiger partial charge in [-0.2, -0.15) is 0 Å². The zero-order chi connectivity index (χ0) is 14.9. The van der Waals surface area contributed by atoms with E-state index in [0.717, 1.165) is 31.5 Å². The quantitative estimate of drug-likeness (QED) is 0.700. The molecule has 1 aromatic heterocycles. The Hall–Kier alpha value is -0.890. The lowest BCUT2D eigenvalue weighted by atomic mass is 10.1. The van der Waals surface area contributed by atoms with Crippen LogP contribution in [0.3, 0.4) is 0 Å². The molecule has 2 atom stereocenters. The Morgan fingerprint density at radius 2 is 2.19 bits per heavy atom. The summed E-state index contributed by atoms with van der Waals surface area (Å²) >= 11 is 0. The van der Waals surface area contributed by atoms with Gasteiger partial charge in [0.05, 0.1) is 17.0 Å². The molecule has 1 aliphatic carbocycles. The van der Waals surface area contributed by atoms with Gasteiger partial charge < -0.3 is 15.0 Å². The van der Waals surface area contributed by atoms with E-state index in [1.54, 1.807) is 12.3 Å². The van der Waals surface area contributed by atoms with Crippen molar-refractivity contribution in [3.05, 3.63) is 18.0 Å². The first-order valence-electron chi connectivity index (χ1n) is 7.62. The molecule has 0 bridgehead atoms. The van der Waals surface area contributed by atoms with Crippen molar-refractivity contribution < 1.29 is 13.2 Å². The predicted octanol–water partition coefficient (Wildman–Crippen LogP) is 0.970. The van der Waals surface area contributed by atoms with Gasteiger partial charge in [0, 0.05) is 25.0 Å². The third-order valence-corrected chi connectivity index (χ3v) is 5.59. The normalized spacial score (nSPS) is 26.3. The maximum absolute atomic E-state index is 12.5. The molecule has 7 heteroatoms. The van der Waals surface area contributed by atoms with E-state index in [9.17, 15) is 8.42 Å². The fourth-order valence-electron chi connectivity index (χ4n) is 2.83. The van der Waals surface area contributed by atoms with Crippen molar-refractivity contribution in [1.29, 1.82) is 0 Å². The molecule has 0 spiro atoms. The Bertz CT molecular complexity index is 580. The van der Waals surface area contributed by atoms with Gasteiger partial charge in [-0.25, -0.2) is 13.1 Å². The molecule has 0 amide bonds. The van der Waals surface area contributed by atoms with E-state index in [1.807, 2.05) is 6.92 Å². The monoisotopic (exact) mass is 313 g/mol. The van der Waals surface area contributed by atoms with Gasteiger partial charge in [0.1, 0.15) is 0 Å². The second-order valence-electron chi connectivity index (χ2n) is 5.83. The third-order valence-electron chi connectivity index (χ3n) is 4.12. The lowest BCUT2D eigenvalue weighted by molar-refractivity contribution is 0.0848. The summed E-state index contributed by atoms with van der Waals surface area (Å²) in [4.78, 5) is 3.31. The van der Waals surface area contributed by atoms with E-state index >= 15 is 0 Å². The number of hydrogen-bond donors (Lipinski definition) is 3. The first kappa shape index (κ1) is 15.0. The molecular formula is C14H23N3O3S. The van der Waals surface area contributed by atoms with Crippen LogP contribution in [-0.4, -0.2) is 38.7 Å². The van der Waals surface area contributed by atoms with Crippen molar-refractivity contribution in [2.45, 2.75) is 49.8 Å². The topological polar surface area (TPSA) is 83.2 Å². The Labute approximate surface area is 125 Å². The van der Waals surface area contributed by atoms with Crippen molar-refractivity contribution in [2.24, 2.45) is 5.92 Å². The minimum Gasteiger partial charge on any atom is -0.376 e. The van der Waals surface area contributed by atoms with Crippen molar-refractivity contribution in [3.63, 3.8) is 0 Å². The second kappa shape index (κ2) is 6.08. The van der Waals surface area contributed by atoms with Crippen LogP contribution in [0.2, 0.25) is 0 Å². The summed E-state index contributed by atoms with van der Waals surface area (Å²) in [5.74, 6) is 0.538. The maximum atomic E-state index is 12.5. The van der Waals surface area contributed by atoms with Gasteiger partial charge in [-0.1, -0.05) is 6.92 Å². The average molecular weight is 313 g/mol. The molecule has 2 heterocycles. The molecule has 21 heavy (non-hydrogen) atoms. The van der Waals surface area contributed by atoms with Crippen LogP contribution in [0.1, 0.15) is 31.9 Å². The van der Waals surface area contributed by atoms with Gasteiger partial charge >= 0.3 is 0 Å². The Balaban J connectivity index is 1.66. The highest BCUT2D eigenvalue weighted by atomic mass is 32.2. The zero-order valence-corrected chi connectivity index (χ0v) is 13.1. The van der Waals surface area contributed by atoms with E-state index < -0.39 is 10.0 Å². The van der Waals surface area contributed by atoms with Crippen molar-refractivity contribution in [3.8, 4) is 0 Å². The molecule has 2 fully saturated rings. The van der Waals surface area contributed by atoms with Crippen LogP contribution in [0.15, 0.2) is 17.2 Å². The Kier molecular flexibility index (Phi) is 4.35. The molecule has 1 saturated heterocycles. The summed E-state index contributed by atoms with van der Waals surface area (Å²) in [5.41, 5.74) is 0.874. The number of aromatic nitrogens is 1. The number of aromatic amines is 1. The summed E-state index contributed by atoms with van der Waals surface area (Å²) in [5, 5.41) is 3.17. The van der Waals surface area contributed by atoms with E-state index in [4.69, 9.17) is 4.74 Å². The average Bonchev–Trinajstić information content (AvgIpc) is 2.99. The highest BCUT2D eigenvalue weighted by molar-refractivity contribution is 7.89. The standard InChI is InChI=1S/C14H23N3O3S/c1-2-15-8-11-7-12(9-16-11)21(18,19)17-13-5-6-20-14(13)10-3-4-10/h7,9-10,13-17H,2-6,8H2,1H3. The molecule has 0 radical (unpaired) electrons. The molecule has 1 aliphatic heterocycles. The molecule has 6 nitrogen and oxygen atoms in total. The largest absolute Gasteiger partial charge is 0.376 e. The molecule has 3 N–H and O–H groups in total. The first-order valence-corrected chi connectivity index (χ1v) is 9.10. The summed E-state index contributed by atoms with van der Waals surface area (Å²) in [6.07, 6.45) is 4.67. The fraction of sp³-hybridized carbons (Fsp3) is 0.714. The minimum absolute atomic E-state index is 0.0555. The highest BCUT2D eigenvalue weighted by Crippen LogP contribution is 2.39. The van der Waals surface area contributed by atoms with E-state index in [0.29, 0.717) is 24.0 Å². The lowest BCUT2D eigenvalue weighted by Gasteiger charge is -2.18. The summed E-state index contributed by atoms with van der Waals surface area (Å²) in [7, 11) is -3.48. The lowest BCUT2D eigenvalue weighted by Crippen LogP contribution is -2.41. The Morgan fingerprint density at radius 1 is 1.38 bits per heavy atom. The molecule has 1 aromatic rings. The molecule has 2 unspecified atom stereocenters. The fourth-order valence-corrected chi connectivity index (χ4v) is 4.13. The van der Waals surface area contributed by atoms with Crippen LogP contribution in [0.4, 0.5) is 0 Å². The SMILES string of the molecule is CCNCc1cc(S(=O)(=O)NC2CCOC2C2CC2)c[nH]1. The van der Waals surface area contributed by atoms with Crippen LogP contribution in [-0.2, 0) is 21.3 Å². The van der Waals surface area contributed by atoms with E-state index in [-0.39, 0.29) is 12.1 Å². The van der Waals surface area contributed by atoms with Gasteiger partial charge in [0.25, 0.3) is 0 Å². The Morgan fingerprint density at radius 3 is 2.90 bits per heavy atom. The maximum Gasteiger partial charge on any atom is 0.242 e. The zero-order valence-electron chi connectivity index (χ0n) is 12.3. The van der Waals surface area contributed by atoms with Crippen LogP contribution in [0.5, 0.6) is 0 Å². The number of hydrogen-bond acceptors (Lipinski definition) is 4. The van der Waals surface area contributed by atoms with Gasteiger partial charge in [-0.15, -0.1) is 0 Å². The summed E-state index contributed by atoms with van der Waals surface area (Å²) in [6.45, 7) is 4.15. The molecule has 118 valence electrons. The van der Waals surface area contributed by atoms with Crippen LogP contribution >= 0.6 is 0 Å². The van der Waals surface area contributed by atoms with Crippen molar-refractivity contribution in [1.82, 2.24) is 15.0 Å². The van der Waals surface area contributed by atoms with Crippen LogP contribution in [0.25, 0.3) is 0 Å². The molecule has 3 rings (SSSR count). The number of H-pyrrole nitrogens is 1. The first-order chi connectivity index (χ1) is 10.1. The van der Waals surface area contributed by atoms with Crippen molar-refractivity contribution >= 4 is 10.0 Å². The van der Waals surface area contributed by atoms with Crippen LogP contribution < -0.4 is 10.0 Å². The minimum atomic E-state index is -3.48. The van der Waals surface area contributed by atoms with E-state index in [1.165, 1.54) is 0 Å². The number of ether oxygens (including phenoxy) is 1.